The molecule has 1 aliphatic rings. The molecule has 1 aliphatic heterocycles. The third-order valence-corrected chi connectivity index (χ3v) is 4.27. The highest BCUT2D eigenvalue weighted by Gasteiger charge is 2.33. The largest absolute Gasteiger partial charge is 0.373 e. The van der Waals surface area contributed by atoms with Crippen LogP contribution in [-0.4, -0.2) is 48.2 Å². The van der Waals surface area contributed by atoms with Crippen molar-refractivity contribution in [3.8, 4) is 0 Å². The van der Waals surface area contributed by atoms with Crippen LogP contribution in [-0.2, 0) is 4.74 Å². The molecular formula is C18H28N2O2. The zero-order valence-corrected chi connectivity index (χ0v) is 14.3. The summed E-state index contributed by atoms with van der Waals surface area (Å²) < 4.78 is 5.79. The minimum absolute atomic E-state index is 0.0116. The van der Waals surface area contributed by atoms with Gasteiger partial charge < -0.3 is 10.1 Å². The number of aryl methyl sites for hydroxylation is 1. The van der Waals surface area contributed by atoms with Crippen molar-refractivity contribution in [1.82, 2.24) is 10.2 Å². The Labute approximate surface area is 133 Å². The first-order chi connectivity index (χ1) is 10.3. The monoisotopic (exact) mass is 304 g/mol. The predicted octanol–water partition coefficient (Wildman–Crippen LogP) is 2.61. The van der Waals surface area contributed by atoms with Crippen LogP contribution in [0.4, 0.5) is 0 Å². The van der Waals surface area contributed by atoms with Crippen molar-refractivity contribution in [3.05, 3.63) is 35.4 Å². The zero-order chi connectivity index (χ0) is 16.3. The van der Waals surface area contributed by atoms with Gasteiger partial charge in [0.25, 0.3) is 5.91 Å². The van der Waals surface area contributed by atoms with Gasteiger partial charge in [-0.25, -0.2) is 0 Å². The molecule has 1 N–H and O–H groups in total. The van der Waals surface area contributed by atoms with Gasteiger partial charge in [0.15, 0.2) is 0 Å². The number of hydrogen-bond acceptors (Lipinski definition) is 3. The summed E-state index contributed by atoms with van der Waals surface area (Å²) in [5, 5.41) is 3.06. The van der Waals surface area contributed by atoms with Crippen LogP contribution < -0.4 is 5.32 Å². The van der Waals surface area contributed by atoms with Crippen LogP contribution in [0.2, 0.25) is 0 Å². The Morgan fingerprint density at radius 1 is 1.23 bits per heavy atom. The second kappa shape index (κ2) is 6.80. The molecule has 1 aromatic rings. The van der Waals surface area contributed by atoms with E-state index in [0.29, 0.717) is 12.1 Å². The average molecular weight is 304 g/mol. The van der Waals surface area contributed by atoms with Gasteiger partial charge in [-0.3, -0.25) is 9.69 Å². The predicted molar refractivity (Wildman–Crippen MR) is 89.2 cm³/mol. The van der Waals surface area contributed by atoms with E-state index in [1.807, 2.05) is 31.2 Å². The SMILES string of the molecule is Cc1ccc(C(=O)NCC(C)(C)N2C[C@H](C)O[C@@H](C)C2)cc1. The number of morpholine rings is 1. The molecule has 0 aromatic heterocycles. The fourth-order valence-electron chi connectivity index (χ4n) is 2.89. The van der Waals surface area contributed by atoms with E-state index in [1.54, 1.807) is 0 Å². The molecular weight excluding hydrogens is 276 g/mol. The minimum Gasteiger partial charge on any atom is -0.373 e. The van der Waals surface area contributed by atoms with Crippen LogP contribution >= 0.6 is 0 Å². The quantitative estimate of drug-likeness (QED) is 0.929. The number of benzene rings is 1. The number of carbonyl (C=O) groups excluding carboxylic acids is 1. The van der Waals surface area contributed by atoms with Crippen LogP contribution in [0.1, 0.15) is 43.6 Å². The van der Waals surface area contributed by atoms with Crippen LogP contribution in [0.25, 0.3) is 0 Å². The summed E-state index contributed by atoms with van der Waals surface area (Å²) in [6, 6.07) is 7.67. The van der Waals surface area contributed by atoms with Crippen molar-refractivity contribution in [3.63, 3.8) is 0 Å². The third-order valence-electron chi connectivity index (χ3n) is 4.27. The highest BCUT2D eigenvalue weighted by molar-refractivity contribution is 5.94. The number of carbonyl (C=O) groups is 1. The highest BCUT2D eigenvalue weighted by Crippen LogP contribution is 2.20. The standard InChI is InChI=1S/C18H28N2O2/c1-13-6-8-16(9-7-13)17(21)19-12-18(4,5)20-10-14(2)22-15(3)11-20/h6-9,14-15H,10-12H2,1-5H3,(H,19,21)/t14-,15-/m0/s1. The van der Waals surface area contributed by atoms with Crippen molar-refractivity contribution in [1.29, 1.82) is 0 Å². The fourth-order valence-corrected chi connectivity index (χ4v) is 2.89. The van der Waals surface area contributed by atoms with E-state index in [9.17, 15) is 4.79 Å². The molecule has 2 atom stereocenters. The molecule has 0 saturated carbocycles. The second-order valence-electron chi connectivity index (χ2n) is 7.02. The maximum atomic E-state index is 12.3. The molecule has 4 nitrogen and oxygen atoms in total. The van der Waals surface area contributed by atoms with Gasteiger partial charge in [0, 0.05) is 30.7 Å². The number of amides is 1. The van der Waals surface area contributed by atoms with Crippen molar-refractivity contribution in [2.75, 3.05) is 19.6 Å². The van der Waals surface area contributed by atoms with Gasteiger partial charge in [0.2, 0.25) is 0 Å². The molecule has 2 rings (SSSR count). The first-order valence-corrected chi connectivity index (χ1v) is 8.03. The molecule has 122 valence electrons. The van der Waals surface area contributed by atoms with Crippen molar-refractivity contribution >= 4 is 5.91 Å². The Kier molecular flexibility index (Phi) is 5.24. The van der Waals surface area contributed by atoms with E-state index in [0.717, 1.165) is 18.7 Å². The lowest BCUT2D eigenvalue weighted by Gasteiger charge is -2.45. The molecule has 0 unspecified atom stereocenters. The Balaban J connectivity index is 1.94. The maximum absolute atomic E-state index is 12.3. The molecule has 4 heteroatoms. The Hall–Kier alpha value is -1.39. The van der Waals surface area contributed by atoms with E-state index in [2.05, 4.69) is 37.9 Å². The summed E-state index contributed by atoms with van der Waals surface area (Å²) >= 11 is 0. The number of ether oxygens (including phenoxy) is 1. The van der Waals surface area contributed by atoms with Gasteiger partial charge in [-0.1, -0.05) is 17.7 Å². The van der Waals surface area contributed by atoms with Crippen LogP contribution in [0.3, 0.4) is 0 Å². The summed E-state index contributed by atoms with van der Waals surface area (Å²) in [6.07, 6.45) is 0.464. The van der Waals surface area contributed by atoms with Crippen LogP contribution in [0.15, 0.2) is 24.3 Å². The lowest BCUT2D eigenvalue weighted by Crippen LogP contribution is -2.58. The van der Waals surface area contributed by atoms with E-state index in [1.165, 1.54) is 0 Å². The Morgan fingerprint density at radius 2 is 1.77 bits per heavy atom. The molecule has 0 spiro atoms. The lowest BCUT2D eigenvalue weighted by molar-refractivity contribution is -0.0948. The third kappa shape index (κ3) is 4.31. The first-order valence-electron chi connectivity index (χ1n) is 8.03. The second-order valence-corrected chi connectivity index (χ2v) is 7.02. The van der Waals surface area contributed by atoms with E-state index >= 15 is 0 Å². The smallest absolute Gasteiger partial charge is 0.251 e. The van der Waals surface area contributed by atoms with Gasteiger partial charge in [-0.2, -0.15) is 0 Å². The summed E-state index contributed by atoms with van der Waals surface area (Å²) in [5.41, 5.74) is 1.78. The van der Waals surface area contributed by atoms with Crippen molar-refractivity contribution in [2.24, 2.45) is 0 Å². The van der Waals surface area contributed by atoms with E-state index in [4.69, 9.17) is 4.74 Å². The van der Waals surface area contributed by atoms with Gasteiger partial charge in [-0.15, -0.1) is 0 Å². The molecule has 1 saturated heterocycles. The lowest BCUT2D eigenvalue weighted by atomic mass is 10.00. The molecule has 1 heterocycles. The van der Waals surface area contributed by atoms with Gasteiger partial charge in [0.1, 0.15) is 0 Å². The summed E-state index contributed by atoms with van der Waals surface area (Å²) in [7, 11) is 0. The van der Waals surface area contributed by atoms with Gasteiger partial charge >= 0.3 is 0 Å². The molecule has 1 amide bonds. The van der Waals surface area contributed by atoms with Crippen LogP contribution in [0, 0.1) is 6.92 Å². The molecule has 0 bridgehead atoms. The van der Waals surface area contributed by atoms with Crippen molar-refractivity contribution in [2.45, 2.75) is 52.4 Å². The Bertz CT molecular complexity index is 500. The number of nitrogens with one attached hydrogen (secondary N) is 1. The maximum Gasteiger partial charge on any atom is 0.251 e. The molecule has 0 radical (unpaired) electrons. The normalized spacial score (nSPS) is 23.3. The first kappa shape index (κ1) is 17.0. The number of rotatable bonds is 4. The fraction of sp³-hybridized carbons (Fsp3) is 0.611. The van der Waals surface area contributed by atoms with Gasteiger partial charge in [-0.05, 0) is 46.8 Å². The molecule has 22 heavy (non-hydrogen) atoms. The average Bonchev–Trinajstić information content (AvgIpc) is 2.44. The Morgan fingerprint density at radius 3 is 2.32 bits per heavy atom. The summed E-state index contributed by atoms with van der Waals surface area (Å²) in [4.78, 5) is 14.7. The topological polar surface area (TPSA) is 41.6 Å². The molecule has 1 aromatic carbocycles. The van der Waals surface area contributed by atoms with E-state index in [-0.39, 0.29) is 23.7 Å². The van der Waals surface area contributed by atoms with Crippen LogP contribution in [0.5, 0.6) is 0 Å². The molecule has 0 aliphatic carbocycles. The van der Waals surface area contributed by atoms with Crippen molar-refractivity contribution < 1.29 is 9.53 Å². The zero-order valence-electron chi connectivity index (χ0n) is 14.3. The molecule has 1 fully saturated rings. The summed E-state index contributed by atoms with van der Waals surface area (Å²) in [5.74, 6) is -0.0116. The minimum atomic E-state index is -0.0906. The van der Waals surface area contributed by atoms with E-state index < -0.39 is 0 Å². The number of hydrogen-bond donors (Lipinski definition) is 1. The highest BCUT2D eigenvalue weighted by atomic mass is 16.5. The summed E-state index contributed by atoms with van der Waals surface area (Å²) in [6.45, 7) is 13.0. The number of nitrogens with zero attached hydrogens (tertiary/aromatic N) is 1. The van der Waals surface area contributed by atoms with Gasteiger partial charge in [0.05, 0.1) is 12.2 Å².